The summed E-state index contributed by atoms with van der Waals surface area (Å²) in [6, 6.07) is 33.0. The number of ketones is 2. The van der Waals surface area contributed by atoms with Crippen molar-refractivity contribution in [1.82, 2.24) is 29.7 Å². The molecule has 4 N–H and O–H groups in total. The zero-order valence-electron chi connectivity index (χ0n) is 43.4. The summed E-state index contributed by atoms with van der Waals surface area (Å²) in [6.45, 7) is -0.121. The third-order valence-corrected chi connectivity index (χ3v) is 13.5. The van der Waals surface area contributed by atoms with Crippen LogP contribution >= 0.6 is 23.2 Å². The van der Waals surface area contributed by atoms with Crippen molar-refractivity contribution in [2.75, 3.05) is 25.3 Å². The van der Waals surface area contributed by atoms with Crippen LogP contribution in [0.1, 0.15) is 89.9 Å². The molecule has 428 valence electrons. The lowest BCUT2D eigenvalue weighted by molar-refractivity contribution is -0.123. The molecule has 0 spiro atoms. The van der Waals surface area contributed by atoms with Gasteiger partial charge in [0, 0.05) is 83.7 Å². The lowest BCUT2D eigenvalue weighted by atomic mass is 9.99. The summed E-state index contributed by atoms with van der Waals surface area (Å²) in [5, 5.41) is 12.5. The molecule has 2 aliphatic rings. The molecule has 2 aliphatic heterocycles. The summed E-state index contributed by atoms with van der Waals surface area (Å²) < 4.78 is 39.3. The number of nitrogens with zero attached hydrogens (tertiary/aromatic N) is 6. The number of carboxylic acids is 1. The van der Waals surface area contributed by atoms with E-state index in [0.29, 0.717) is 66.4 Å². The number of nitrogens with one attached hydrogen (secondary N) is 1. The van der Waals surface area contributed by atoms with Crippen LogP contribution in [0.5, 0.6) is 11.5 Å². The van der Waals surface area contributed by atoms with Gasteiger partial charge in [-0.2, -0.15) is 0 Å². The number of anilines is 2. The Bertz CT molecular complexity index is 3620. The molecule has 0 saturated carbocycles. The first kappa shape index (κ1) is 62.7. The number of halogens is 4. The third-order valence-electron chi connectivity index (χ3n) is 13.1. The lowest BCUT2D eigenvalue weighted by Crippen LogP contribution is -2.45. The van der Waals surface area contributed by atoms with E-state index in [2.05, 4.69) is 25.3 Å². The second kappa shape index (κ2) is 28.8. The molecule has 0 unspecified atom stereocenters. The molecule has 6 heterocycles. The number of nitrogen functional groups attached to an aromatic ring is 1. The Morgan fingerprint density at radius 2 is 1.08 bits per heavy atom. The van der Waals surface area contributed by atoms with Crippen LogP contribution in [0.4, 0.5) is 20.4 Å². The molecule has 21 heteroatoms. The molecule has 3 amide bonds. The van der Waals surface area contributed by atoms with Gasteiger partial charge in [0.2, 0.25) is 0 Å². The van der Waals surface area contributed by atoms with Crippen molar-refractivity contribution in [3.8, 4) is 11.5 Å². The van der Waals surface area contributed by atoms with Crippen molar-refractivity contribution in [1.29, 1.82) is 0 Å². The number of pyridine rings is 4. The maximum Gasteiger partial charge on any atom is 0.338 e. The first-order valence-corrected chi connectivity index (χ1v) is 25.6. The monoisotopic (exact) mass is 1170 g/mol. The Kier molecular flexibility index (Phi) is 21.8. The van der Waals surface area contributed by atoms with Crippen molar-refractivity contribution >= 4 is 70.1 Å². The van der Waals surface area contributed by atoms with Crippen molar-refractivity contribution in [2.45, 2.75) is 65.7 Å². The predicted octanol–water partition coefficient (Wildman–Crippen LogP) is 10.8. The number of rotatable bonds is 13. The molecule has 17 nitrogen and oxygen atoms in total. The second-order valence-electron chi connectivity index (χ2n) is 18.4. The van der Waals surface area contributed by atoms with Crippen molar-refractivity contribution < 1.29 is 52.1 Å². The van der Waals surface area contributed by atoms with E-state index in [1.807, 2.05) is 6.07 Å². The number of fused-ring (bicyclic) bond motifs is 2. The fourth-order valence-electron chi connectivity index (χ4n) is 8.97. The largest absolute Gasteiger partial charge is 0.495 e. The molecule has 2 atom stereocenters. The quantitative estimate of drug-likeness (QED) is 0.0974. The van der Waals surface area contributed by atoms with E-state index in [4.69, 9.17) is 43.5 Å². The Morgan fingerprint density at radius 3 is 1.48 bits per heavy atom. The van der Waals surface area contributed by atoms with Crippen molar-refractivity contribution in [2.24, 2.45) is 0 Å². The summed E-state index contributed by atoms with van der Waals surface area (Å²) in [4.78, 5) is 97.0. The van der Waals surface area contributed by atoms with Gasteiger partial charge < -0.3 is 35.4 Å². The molecule has 0 saturated heterocycles. The Morgan fingerprint density at radius 1 is 0.614 bits per heavy atom. The number of methoxy groups -OCH3 is 2. The van der Waals surface area contributed by atoms with E-state index in [9.17, 15) is 33.2 Å². The molecular weight excluding hydrogens is 1110 g/mol. The smallest absolute Gasteiger partial charge is 0.338 e. The van der Waals surface area contributed by atoms with Crippen LogP contribution in [0.3, 0.4) is 0 Å². The van der Waals surface area contributed by atoms with Gasteiger partial charge in [-0.3, -0.25) is 33.9 Å². The van der Waals surface area contributed by atoms with Crippen LogP contribution < -0.4 is 20.5 Å². The van der Waals surface area contributed by atoms with Gasteiger partial charge in [-0.05, 0) is 131 Å². The highest BCUT2D eigenvalue weighted by atomic mass is 35.5. The van der Waals surface area contributed by atoms with E-state index in [0.717, 1.165) is 17.9 Å². The van der Waals surface area contributed by atoms with E-state index in [1.54, 1.807) is 117 Å². The number of hydrogen-bond acceptors (Lipinski definition) is 13. The average Bonchev–Trinajstić information content (AvgIpc) is 3.66. The van der Waals surface area contributed by atoms with Crippen LogP contribution in [0.2, 0.25) is 10.0 Å². The predicted molar refractivity (Wildman–Crippen MR) is 311 cm³/mol. The topological polar surface area (TPSA) is 237 Å². The van der Waals surface area contributed by atoms with E-state index in [1.165, 1.54) is 47.4 Å². The summed E-state index contributed by atoms with van der Waals surface area (Å²) in [5.74, 6) is -2.87. The molecule has 8 aromatic rings. The van der Waals surface area contributed by atoms with Crippen molar-refractivity contribution in [3.63, 3.8) is 0 Å². The number of Topliss-reactive ketones (excluding diaryl/α,β-unsaturated/α-hetero) is 2. The van der Waals surface area contributed by atoms with Crippen LogP contribution in [0.15, 0.2) is 158 Å². The molecule has 4 aromatic carbocycles. The molecule has 10 rings (SSSR count). The maximum absolute atomic E-state index is 15.2. The summed E-state index contributed by atoms with van der Waals surface area (Å²) >= 11 is 12.2. The van der Waals surface area contributed by atoms with Crippen LogP contribution in [0, 0.1) is 11.6 Å². The van der Waals surface area contributed by atoms with Gasteiger partial charge >= 0.3 is 5.97 Å². The maximum atomic E-state index is 15.2. The van der Waals surface area contributed by atoms with Crippen LogP contribution in [-0.2, 0) is 48.4 Å². The number of ether oxygens (including phenoxy) is 2. The number of carbonyl (C=O) groups is 6. The van der Waals surface area contributed by atoms with Gasteiger partial charge in [-0.15, -0.1) is 0 Å². The van der Waals surface area contributed by atoms with Gasteiger partial charge in [-0.25, -0.2) is 23.5 Å². The first-order valence-electron chi connectivity index (χ1n) is 24.9. The van der Waals surface area contributed by atoms with Gasteiger partial charge in [0.25, 0.3) is 17.7 Å². The number of aromatic nitrogens is 4. The summed E-state index contributed by atoms with van der Waals surface area (Å²) in [6.07, 6.45) is 6.70. The van der Waals surface area contributed by atoms with E-state index >= 15 is 4.39 Å². The van der Waals surface area contributed by atoms with Crippen LogP contribution in [-0.4, -0.2) is 96.4 Å². The molecule has 4 aromatic heterocycles. The zero-order valence-corrected chi connectivity index (χ0v) is 44.9. The van der Waals surface area contributed by atoms with Gasteiger partial charge in [0.1, 0.15) is 34.8 Å². The number of nitrogens with two attached hydrogens (primary N) is 1. The SMILES string of the molecule is C.C.COc1ccc(N)nc1.COc1ccc(NC(=O)c2ccc(CN3C(=O)c4ccc(Cl)cc4CC(=O)[C@H]3Cc3ccccn3)cc2F)nc1.O=C(O)c1ccc(CN2C(=O)c3ccc(Cl)cc3CC(=O)[C@H]2Cc2ccccn2)cc1F. The number of carboxylic acid groups (broad SMARTS) is 1. The zero-order chi connectivity index (χ0) is 57.7. The minimum absolute atomic E-state index is 0. The number of benzene rings is 4. The van der Waals surface area contributed by atoms with Gasteiger partial charge in [-0.1, -0.05) is 62.3 Å². The standard InChI is InChI=1S/C30H24ClFN4O4.C24H18ClFN2O4.C6H8N2O.2CH4/c1-40-22-7-10-28(34-16-22)35-29(38)24-8-5-18(12-25(24)32)17-36-26(15-21-4-2-3-11-33-21)27(37)14-19-13-20(31)6-9-23(19)30(36)39;25-16-5-7-18-15(10-16)11-22(29)21(12-17-3-1-2-8-27-17)28(23(18)30)13-14-4-6-19(24(31)32)20(26)9-14;1-9-5-2-3-6(7)8-4-5;;/h2-13,16,26H,14-15,17H2,1H3,(H,34,35,38);1-10,21H,11-13H2,(H,31,32);2-4H,1H3,(H2,7,8);2*1H4/t26-;21-;;;/m11.../s1. The highest BCUT2D eigenvalue weighted by Gasteiger charge is 2.38. The highest BCUT2D eigenvalue weighted by Crippen LogP contribution is 2.30. The lowest BCUT2D eigenvalue weighted by Gasteiger charge is -2.29. The molecule has 0 bridgehead atoms. The van der Waals surface area contributed by atoms with Crippen LogP contribution in [0.25, 0.3) is 0 Å². The fourth-order valence-corrected chi connectivity index (χ4v) is 9.36. The minimum atomic E-state index is -1.38. The Hall–Kier alpha value is -9.46. The average molecular weight is 1170 g/mol. The highest BCUT2D eigenvalue weighted by molar-refractivity contribution is 6.31. The number of hydrogen-bond donors (Lipinski definition) is 3. The fraction of sp³-hybridized carbons (Fsp3) is 0.194. The van der Waals surface area contributed by atoms with Gasteiger partial charge in [0.05, 0.1) is 49.8 Å². The second-order valence-corrected chi connectivity index (χ2v) is 19.3. The summed E-state index contributed by atoms with van der Waals surface area (Å²) in [7, 11) is 3.09. The molecule has 0 fully saturated rings. The number of carbonyl (C=O) groups excluding carboxylic acids is 5. The third kappa shape index (κ3) is 15.9. The Balaban J connectivity index is 0.000000230. The number of aromatic carboxylic acids is 1. The summed E-state index contributed by atoms with van der Waals surface area (Å²) in [5.41, 5.74) is 8.54. The minimum Gasteiger partial charge on any atom is -0.495 e. The first-order chi connectivity index (χ1) is 39.0. The van der Waals surface area contributed by atoms with E-state index in [-0.39, 0.29) is 88.4 Å². The Labute approximate surface area is 488 Å². The van der Waals surface area contributed by atoms with Crippen molar-refractivity contribution in [3.05, 3.63) is 236 Å². The molecule has 0 aliphatic carbocycles. The van der Waals surface area contributed by atoms with E-state index < -0.39 is 41.2 Å². The molecule has 83 heavy (non-hydrogen) atoms. The normalized spacial score (nSPS) is 14.3. The number of amides is 3. The van der Waals surface area contributed by atoms with Gasteiger partial charge in [0.15, 0.2) is 11.6 Å². The molecule has 0 radical (unpaired) electrons. The molecular formula is C62H58Cl2F2N8O9.